The molecule has 1 unspecified atom stereocenters. The number of aliphatic hydroxyl groups is 4. The molecule has 4 N–H and O–H groups in total. The lowest BCUT2D eigenvalue weighted by Gasteiger charge is -2.18. The Morgan fingerprint density at radius 3 is 2.45 bits per heavy atom. The Hall–Kier alpha value is -0.200. The van der Waals surface area contributed by atoms with Crippen molar-refractivity contribution in [3.8, 4) is 0 Å². The molecule has 0 radical (unpaired) electrons. The molecule has 1 heterocycles. The molecular weight excluding hydrogens is 152 g/mol. The zero-order valence-corrected chi connectivity index (χ0v) is 5.92. The Kier molecular flexibility index (Phi) is 2.80. The van der Waals surface area contributed by atoms with Crippen LogP contribution in [0.1, 0.15) is 0 Å². The minimum Gasteiger partial charge on any atom is -0.394 e. The normalized spacial score (nSPS) is 40.9. The predicted octanol–water partition coefficient (Wildman–Crippen LogP) is -2.54. The fourth-order valence-electron chi connectivity index (χ4n) is 1.07. The van der Waals surface area contributed by atoms with E-state index in [-0.39, 0.29) is 6.61 Å². The van der Waals surface area contributed by atoms with Gasteiger partial charge in [-0.2, -0.15) is 0 Å². The fourth-order valence-corrected chi connectivity index (χ4v) is 1.07. The highest BCUT2D eigenvalue weighted by atomic mass is 16.5. The Labute approximate surface area is 63.8 Å². The fraction of sp³-hybridized carbons (Fsp3) is 1.00. The van der Waals surface area contributed by atoms with Crippen LogP contribution in [0.4, 0.5) is 0 Å². The first-order chi connectivity index (χ1) is 5.16. The summed E-state index contributed by atoms with van der Waals surface area (Å²) in [7, 11) is 0. The monoisotopic (exact) mass is 164 g/mol. The van der Waals surface area contributed by atoms with Crippen LogP contribution < -0.4 is 0 Å². The van der Waals surface area contributed by atoms with E-state index < -0.39 is 31.0 Å². The average Bonchev–Trinajstić information content (AvgIpc) is 2.32. The van der Waals surface area contributed by atoms with Crippen molar-refractivity contribution < 1.29 is 25.2 Å². The van der Waals surface area contributed by atoms with Crippen LogP contribution in [0, 0.1) is 0 Å². The highest BCUT2D eigenvalue weighted by Gasteiger charge is 2.38. The molecule has 1 saturated heterocycles. The topological polar surface area (TPSA) is 90.2 Å². The lowest BCUT2D eigenvalue weighted by molar-refractivity contribution is -0.0684. The molecule has 1 rings (SSSR count). The number of hydrogen-bond donors (Lipinski definition) is 4. The van der Waals surface area contributed by atoms with Crippen molar-refractivity contribution in [1.82, 2.24) is 0 Å². The molecule has 0 aromatic heterocycles. The van der Waals surface area contributed by atoms with Gasteiger partial charge in [0.05, 0.1) is 13.2 Å². The summed E-state index contributed by atoms with van der Waals surface area (Å²) in [5, 5.41) is 35.5. The van der Waals surface area contributed by atoms with Gasteiger partial charge in [-0.25, -0.2) is 0 Å². The molecule has 0 aliphatic carbocycles. The maximum atomic E-state index is 9.11. The molecular formula is C6H12O5. The van der Waals surface area contributed by atoms with Gasteiger partial charge in [0.15, 0.2) is 0 Å². The zero-order valence-electron chi connectivity index (χ0n) is 5.92. The van der Waals surface area contributed by atoms with Crippen molar-refractivity contribution in [2.45, 2.75) is 24.4 Å². The van der Waals surface area contributed by atoms with E-state index in [2.05, 4.69) is 0 Å². The van der Waals surface area contributed by atoms with Crippen LogP contribution in [0.25, 0.3) is 0 Å². The second kappa shape index (κ2) is 3.46. The van der Waals surface area contributed by atoms with Gasteiger partial charge in [0.25, 0.3) is 0 Å². The van der Waals surface area contributed by atoms with E-state index in [4.69, 9.17) is 25.2 Å². The molecule has 11 heavy (non-hydrogen) atoms. The quantitative estimate of drug-likeness (QED) is 0.361. The van der Waals surface area contributed by atoms with Gasteiger partial charge in [-0.3, -0.25) is 0 Å². The van der Waals surface area contributed by atoms with E-state index in [0.717, 1.165) is 0 Å². The third kappa shape index (κ3) is 1.69. The second-order valence-electron chi connectivity index (χ2n) is 2.61. The summed E-state index contributed by atoms with van der Waals surface area (Å²) in [5.41, 5.74) is 0. The Morgan fingerprint density at radius 2 is 2.09 bits per heavy atom. The first-order valence-corrected chi connectivity index (χ1v) is 3.43. The van der Waals surface area contributed by atoms with Crippen LogP contribution in [-0.4, -0.2) is 58.1 Å². The lowest BCUT2D eigenvalue weighted by Crippen LogP contribution is -2.40. The summed E-state index contributed by atoms with van der Waals surface area (Å²) in [6.45, 7) is -0.475. The molecule has 0 bridgehead atoms. The summed E-state index contributed by atoms with van der Waals surface area (Å²) >= 11 is 0. The number of rotatable bonds is 2. The van der Waals surface area contributed by atoms with E-state index in [0.29, 0.717) is 0 Å². The van der Waals surface area contributed by atoms with Crippen LogP contribution in [0.2, 0.25) is 0 Å². The third-order valence-electron chi connectivity index (χ3n) is 1.76. The van der Waals surface area contributed by atoms with E-state index >= 15 is 0 Å². The van der Waals surface area contributed by atoms with Gasteiger partial charge in [-0.15, -0.1) is 0 Å². The van der Waals surface area contributed by atoms with Crippen LogP contribution in [0.5, 0.6) is 0 Å². The van der Waals surface area contributed by atoms with Crippen molar-refractivity contribution in [3.63, 3.8) is 0 Å². The molecule has 66 valence electrons. The summed E-state index contributed by atoms with van der Waals surface area (Å²) in [5.74, 6) is 0. The third-order valence-corrected chi connectivity index (χ3v) is 1.76. The van der Waals surface area contributed by atoms with Gasteiger partial charge in [-0.1, -0.05) is 0 Å². The smallest absolute Gasteiger partial charge is 0.114 e. The molecule has 1 aliphatic rings. The predicted molar refractivity (Wildman–Crippen MR) is 34.8 cm³/mol. The van der Waals surface area contributed by atoms with Gasteiger partial charge >= 0.3 is 0 Å². The number of aliphatic hydroxyl groups excluding tert-OH is 4. The molecule has 1 aliphatic heterocycles. The minimum atomic E-state index is -1.12. The summed E-state index contributed by atoms with van der Waals surface area (Å²) < 4.78 is 4.82. The highest BCUT2D eigenvalue weighted by molar-refractivity contribution is 4.87. The maximum Gasteiger partial charge on any atom is 0.114 e. The van der Waals surface area contributed by atoms with Crippen molar-refractivity contribution in [1.29, 1.82) is 0 Å². The second-order valence-corrected chi connectivity index (χ2v) is 2.61. The van der Waals surface area contributed by atoms with Crippen LogP contribution >= 0.6 is 0 Å². The van der Waals surface area contributed by atoms with Crippen LogP contribution in [-0.2, 0) is 4.74 Å². The van der Waals surface area contributed by atoms with Crippen LogP contribution in [0.15, 0.2) is 0 Å². The molecule has 0 amide bonds. The first kappa shape index (κ1) is 8.89. The SMILES string of the molecule is OC[C@H](O)C1OC[C@H](O)[C@@H]1O. The molecule has 5 nitrogen and oxygen atoms in total. The van der Waals surface area contributed by atoms with Crippen molar-refractivity contribution in [3.05, 3.63) is 0 Å². The van der Waals surface area contributed by atoms with Gasteiger partial charge in [-0.05, 0) is 0 Å². The van der Waals surface area contributed by atoms with Crippen molar-refractivity contribution >= 4 is 0 Å². The maximum absolute atomic E-state index is 9.11. The van der Waals surface area contributed by atoms with Gasteiger partial charge in [0, 0.05) is 0 Å². The van der Waals surface area contributed by atoms with E-state index in [1.165, 1.54) is 0 Å². The molecule has 0 aromatic carbocycles. The average molecular weight is 164 g/mol. The number of ether oxygens (including phenoxy) is 1. The largest absolute Gasteiger partial charge is 0.394 e. The molecule has 0 saturated carbocycles. The van der Waals surface area contributed by atoms with Gasteiger partial charge in [0.2, 0.25) is 0 Å². The zero-order chi connectivity index (χ0) is 8.43. The Bertz CT molecular complexity index is 128. The molecule has 5 heteroatoms. The number of hydrogen-bond acceptors (Lipinski definition) is 5. The summed E-state index contributed by atoms with van der Waals surface area (Å²) in [4.78, 5) is 0. The minimum absolute atomic E-state index is 0.00287. The Balaban J connectivity index is 2.47. The highest BCUT2D eigenvalue weighted by Crippen LogP contribution is 2.16. The van der Waals surface area contributed by atoms with E-state index in [9.17, 15) is 0 Å². The van der Waals surface area contributed by atoms with E-state index in [1.807, 2.05) is 0 Å². The molecule has 1 fully saturated rings. The van der Waals surface area contributed by atoms with Gasteiger partial charge in [0.1, 0.15) is 24.4 Å². The molecule has 4 atom stereocenters. The first-order valence-electron chi connectivity index (χ1n) is 3.43. The molecule has 0 aromatic rings. The summed E-state index contributed by atoms with van der Waals surface area (Å²) in [6, 6.07) is 0. The Morgan fingerprint density at radius 1 is 1.45 bits per heavy atom. The lowest BCUT2D eigenvalue weighted by atomic mass is 10.1. The van der Waals surface area contributed by atoms with Crippen LogP contribution in [0.3, 0.4) is 0 Å². The standard InChI is InChI=1S/C6H12O5/c7-1-3(8)6-5(10)4(9)2-11-6/h3-10H,1-2H2/t3-,4-,5-,6?/m0/s1. The summed E-state index contributed by atoms with van der Waals surface area (Å²) in [6.07, 6.45) is -4.05. The van der Waals surface area contributed by atoms with Crippen molar-refractivity contribution in [2.24, 2.45) is 0 Å². The van der Waals surface area contributed by atoms with Crippen molar-refractivity contribution in [2.75, 3.05) is 13.2 Å². The van der Waals surface area contributed by atoms with E-state index in [1.54, 1.807) is 0 Å². The van der Waals surface area contributed by atoms with Gasteiger partial charge < -0.3 is 25.2 Å². The molecule has 0 spiro atoms.